The highest BCUT2D eigenvalue weighted by Gasteiger charge is 2.41. The molecule has 1 unspecified atom stereocenters. The molecule has 1 atom stereocenters. The summed E-state index contributed by atoms with van der Waals surface area (Å²) in [6.07, 6.45) is 5.68. The van der Waals surface area contributed by atoms with Gasteiger partial charge in [-0.2, -0.15) is 0 Å². The van der Waals surface area contributed by atoms with Gasteiger partial charge >= 0.3 is 5.69 Å². The standard InChI is InChI=1S/C13H21N5O2/c1-17-11(19)10(16-18(2)12(17)20)15-9-4-7-14-13(8-9)5-3-6-13/h9,14H,3-8H2,1-2H3,(H,15,16). The summed E-state index contributed by atoms with van der Waals surface area (Å²) in [5.74, 6) is 0.274. The SMILES string of the molecule is Cn1nc(NC2CCNC3(CCC3)C2)c(=O)n(C)c1=O. The van der Waals surface area contributed by atoms with Crippen molar-refractivity contribution in [2.45, 2.75) is 43.7 Å². The summed E-state index contributed by atoms with van der Waals surface area (Å²) in [6, 6.07) is 0.245. The van der Waals surface area contributed by atoms with Crippen LogP contribution < -0.4 is 21.9 Å². The van der Waals surface area contributed by atoms with Gasteiger partial charge in [0.05, 0.1) is 0 Å². The maximum atomic E-state index is 12.1. The zero-order chi connectivity index (χ0) is 14.3. The van der Waals surface area contributed by atoms with Crippen LogP contribution in [0.15, 0.2) is 9.59 Å². The topological polar surface area (TPSA) is 81.0 Å². The summed E-state index contributed by atoms with van der Waals surface area (Å²) in [7, 11) is 3.04. The number of rotatable bonds is 2. The molecule has 1 spiro atoms. The van der Waals surface area contributed by atoms with E-state index in [-0.39, 0.29) is 23.0 Å². The molecule has 20 heavy (non-hydrogen) atoms. The van der Waals surface area contributed by atoms with Crippen LogP contribution in [0, 0.1) is 0 Å². The average Bonchev–Trinajstić information content (AvgIpc) is 2.41. The van der Waals surface area contributed by atoms with Gasteiger partial charge in [0.25, 0.3) is 5.56 Å². The first-order chi connectivity index (χ1) is 9.51. The molecule has 0 radical (unpaired) electrons. The fourth-order valence-electron chi connectivity index (χ4n) is 3.25. The van der Waals surface area contributed by atoms with Crippen molar-refractivity contribution in [3.05, 3.63) is 20.8 Å². The third-order valence-electron chi connectivity index (χ3n) is 4.60. The fraction of sp³-hybridized carbons (Fsp3) is 0.769. The van der Waals surface area contributed by atoms with Gasteiger partial charge in [-0.05, 0) is 38.6 Å². The largest absolute Gasteiger partial charge is 0.361 e. The van der Waals surface area contributed by atoms with E-state index < -0.39 is 5.69 Å². The van der Waals surface area contributed by atoms with E-state index in [9.17, 15) is 9.59 Å². The first kappa shape index (κ1) is 13.4. The van der Waals surface area contributed by atoms with Crippen LogP contribution in [0.4, 0.5) is 5.82 Å². The van der Waals surface area contributed by atoms with E-state index >= 15 is 0 Å². The lowest BCUT2D eigenvalue weighted by molar-refractivity contribution is 0.135. The highest BCUT2D eigenvalue weighted by atomic mass is 16.2. The summed E-state index contributed by atoms with van der Waals surface area (Å²) in [6.45, 7) is 0.962. The van der Waals surface area contributed by atoms with Crippen molar-refractivity contribution < 1.29 is 0 Å². The van der Waals surface area contributed by atoms with Crippen molar-refractivity contribution in [1.29, 1.82) is 0 Å². The number of aromatic nitrogens is 3. The molecule has 2 aliphatic rings. The Labute approximate surface area is 117 Å². The summed E-state index contributed by atoms with van der Waals surface area (Å²) in [4.78, 5) is 23.7. The quantitative estimate of drug-likeness (QED) is 0.767. The molecule has 1 saturated carbocycles. The van der Waals surface area contributed by atoms with Crippen LogP contribution in [0.1, 0.15) is 32.1 Å². The van der Waals surface area contributed by atoms with Crippen LogP contribution in [0.25, 0.3) is 0 Å². The monoisotopic (exact) mass is 279 g/mol. The molecule has 110 valence electrons. The van der Waals surface area contributed by atoms with Crippen LogP contribution in [0.2, 0.25) is 0 Å². The van der Waals surface area contributed by atoms with Gasteiger partial charge in [0.15, 0.2) is 0 Å². The first-order valence-electron chi connectivity index (χ1n) is 7.17. The number of nitrogens with one attached hydrogen (secondary N) is 2. The molecule has 3 rings (SSSR count). The van der Waals surface area contributed by atoms with Crippen molar-refractivity contribution in [3.8, 4) is 0 Å². The molecule has 0 amide bonds. The van der Waals surface area contributed by atoms with Gasteiger partial charge in [-0.1, -0.05) is 0 Å². The lowest BCUT2D eigenvalue weighted by Crippen LogP contribution is -2.58. The highest BCUT2D eigenvalue weighted by molar-refractivity contribution is 5.32. The molecule has 1 aliphatic heterocycles. The Kier molecular flexibility index (Phi) is 3.16. The summed E-state index contributed by atoms with van der Waals surface area (Å²) < 4.78 is 2.29. The van der Waals surface area contributed by atoms with Gasteiger partial charge in [0.2, 0.25) is 5.82 Å². The van der Waals surface area contributed by atoms with Gasteiger partial charge in [0, 0.05) is 25.7 Å². The van der Waals surface area contributed by atoms with Crippen LogP contribution in [-0.4, -0.2) is 32.5 Å². The summed E-state index contributed by atoms with van der Waals surface area (Å²) >= 11 is 0. The minimum absolute atomic E-state index is 0.245. The molecular formula is C13H21N5O2. The van der Waals surface area contributed by atoms with Crippen molar-refractivity contribution in [1.82, 2.24) is 19.7 Å². The molecule has 0 aromatic carbocycles. The summed E-state index contributed by atoms with van der Waals surface area (Å²) in [5.41, 5.74) is -0.488. The number of hydrogen-bond donors (Lipinski definition) is 2. The van der Waals surface area contributed by atoms with E-state index in [1.165, 1.54) is 31.0 Å². The van der Waals surface area contributed by atoms with Gasteiger partial charge in [-0.3, -0.25) is 9.36 Å². The zero-order valence-electron chi connectivity index (χ0n) is 12.0. The fourth-order valence-corrected chi connectivity index (χ4v) is 3.25. The Hall–Kier alpha value is -1.63. The second-order valence-electron chi connectivity index (χ2n) is 6.01. The molecule has 1 aromatic rings. The van der Waals surface area contributed by atoms with E-state index in [1.54, 1.807) is 7.05 Å². The predicted molar refractivity (Wildman–Crippen MR) is 75.9 cm³/mol. The Bertz CT molecular complexity index is 629. The molecule has 2 N–H and O–H groups in total. The molecule has 7 heteroatoms. The Morgan fingerprint density at radius 1 is 1.35 bits per heavy atom. The summed E-state index contributed by atoms with van der Waals surface area (Å²) in [5, 5.41) is 10.9. The third-order valence-corrected chi connectivity index (χ3v) is 4.60. The van der Waals surface area contributed by atoms with Crippen molar-refractivity contribution in [2.24, 2.45) is 14.1 Å². The van der Waals surface area contributed by atoms with E-state index in [2.05, 4.69) is 15.7 Å². The maximum absolute atomic E-state index is 12.1. The second kappa shape index (κ2) is 4.73. The smallest absolute Gasteiger partial charge is 0.346 e. The minimum atomic E-state index is -0.402. The average molecular weight is 279 g/mol. The lowest BCUT2D eigenvalue weighted by atomic mass is 9.70. The molecular weight excluding hydrogens is 258 g/mol. The molecule has 0 bridgehead atoms. The van der Waals surface area contributed by atoms with Crippen molar-refractivity contribution in [3.63, 3.8) is 0 Å². The number of anilines is 1. The lowest BCUT2D eigenvalue weighted by Gasteiger charge is -2.48. The number of aryl methyl sites for hydroxylation is 1. The minimum Gasteiger partial charge on any atom is -0.361 e. The Morgan fingerprint density at radius 3 is 2.75 bits per heavy atom. The van der Waals surface area contributed by atoms with Gasteiger partial charge < -0.3 is 10.6 Å². The Balaban J connectivity index is 1.81. The normalized spacial score (nSPS) is 24.4. The zero-order valence-corrected chi connectivity index (χ0v) is 12.0. The van der Waals surface area contributed by atoms with Gasteiger partial charge in [-0.25, -0.2) is 9.48 Å². The molecule has 1 saturated heterocycles. The van der Waals surface area contributed by atoms with Crippen molar-refractivity contribution in [2.75, 3.05) is 11.9 Å². The van der Waals surface area contributed by atoms with Crippen LogP contribution in [0.3, 0.4) is 0 Å². The predicted octanol–water partition coefficient (Wildman–Crippen LogP) is -0.434. The van der Waals surface area contributed by atoms with Crippen molar-refractivity contribution >= 4 is 5.82 Å². The molecule has 1 aliphatic carbocycles. The molecule has 2 fully saturated rings. The van der Waals surface area contributed by atoms with E-state index in [0.29, 0.717) is 0 Å². The van der Waals surface area contributed by atoms with Gasteiger partial charge in [-0.15, -0.1) is 5.10 Å². The maximum Gasteiger partial charge on any atom is 0.346 e. The number of piperidine rings is 1. The first-order valence-corrected chi connectivity index (χ1v) is 7.17. The third kappa shape index (κ3) is 2.15. The Morgan fingerprint density at radius 2 is 2.10 bits per heavy atom. The van der Waals surface area contributed by atoms with E-state index in [1.807, 2.05) is 0 Å². The van der Waals surface area contributed by atoms with Gasteiger partial charge in [0.1, 0.15) is 0 Å². The van der Waals surface area contributed by atoms with Crippen LogP contribution >= 0.6 is 0 Å². The van der Waals surface area contributed by atoms with E-state index in [0.717, 1.165) is 24.0 Å². The number of hydrogen-bond acceptors (Lipinski definition) is 5. The molecule has 2 heterocycles. The number of nitrogens with zero attached hydrogens (tertiary/aromatic N) is 3. The molecule has 7 nitrogen and oxygen atoms in total. The van der Waals surface area contributed by atoms with Crippen LogP contribution in [-0.2, 0) is 14.1 Å². The molecule has 1 aromatic heterocycles. The second-order valence-corrected chi connectivity index (χ2v) is 6.01. The van der Waals surface area contributed by atoms with E-state index in [4.69, 9.17) is 0 Å². The van der Waals surface area contributed by atoms with Crippen LogP contribution in [0.5, 0.6) is 0 Å². The highest BCUT2D eigenvalue weighted by Crippen LogP contribution is 2.38.